The van der Waals surface area contributed by atoms with Gasteiger partial charge in [-0.25, -0.2) is 9.59 Å². The van der Waals surface area contributed by atoms with Crippen LogP contribution in [-0.4, -0.2) is 78.0 Å². The molecule has 0 unspecified atom stereocenters. The molecule has 11 nitrogen and oxygen atoms in total. The highest BCUT2D eigenvalue weighted by molar-refractivity contribution is 6.16. The van der Waals surface area contributed by atoms with Crippen LogP contribution in [0.4, 0.5) is 0 Å². The van der Waals surface area contributed by atoms with E-state index in [1.165, 1.54) is 0 Å². The molecule has 1 fully saturated rings. The second kappa shape index (κ2) is 12.9. The molecule has 1 aromatic carbocycles. The summed E-state index contributed by atoms with van der Waals surface area (Å²) in [5, 5.41) is 25.9. The van der Waals surface area contributed by atoms with Crippen molar-refractivity contribution in [3.8, 4) is 23.3 Å². The number of aliphatic imine (C=N–C) groups is 1. The largest absolute Gasteiger partial charge is 0.493 e. The van der Waals surface area contributed by atoms with E-state index in [0.29, 0.717) is 48.4 Å². The first-order chi connectivity index (χ1) is 18.2. The van der Waals surface area contributed by atoms with Gasteiger partial charge in [-0.3, -0.25) is 4.99 Å². The molecule has 2 aliphatic rings. The molecule has 38 heavy (non-hydrogen) atoms. The third-order valence-corrected chi connectivity index (χ3v) is 6.23. The minimum absolute atomic E-state index is 0.0885. The second-order valence-corrected chi connectivity index (χ2v) is 8.56. The van der Waals surface area contributed by atoms with Gasteiger partial charge in [0.15, 0.2) is 11.5 Å². The fourth-order valence-corrected chi connectivity index (χ4v) is 4.60. The summed E-state index contributed by atoms with van der Waals surface area (Å²) in [5.41, 5.74) is 3.69. The Morgan fingerprint density at radius 1 is 0.974 bits per heavy atom. The lowest BCUT2D eigenvalue weighted by molar-refractivity contribution is -0.134. The van der Waals surface area contributed by atoms with E-state index in [1.807, 2.05) is 31.2 Å². The van der Waals surface area contributed by atoms with Crippen molar-refractivity contribution in [3.05, 3.63) is 53.1 Å². The number of methoxy groups -OCH3 is 3. The van der Waals surface area contributed by atoms with Gasteiger partial charge < -0.3 is 34.3 Å². The van der Waals surface area contributed by atoms with E-state index in [-0.39, 0.29) is 18.1 Å². The predicted molar refractivity (Wildman–Crippen MR) is 138 cm³/mol. The summed E-state index contributed by atoms with van der Waals surface area (Å²) in [6, 6.07) is 7.84. The van der Waals surface area contributed by atoms with E-state index in [0.717, 1.165) is 35.2 Å². The number of carbonyl (C=O) groups is 2. The smallest absolute Gasteiger partial charge is 0.328 e. The second-order valence-electron chi connectivity index (χ2n) is 8.56. The first-order valence-electron chi connectivity index (χ1n) is 12.1. The van der Waals surface area contributed by atoms with Crippen molar-refractivity contribution >= 4 is 17.7 Å². The van der Waals surface area contributed by atoms with Crippen molar-refractivity contribution in [1.29, 1.82) is 0 Å². The molecular formula is C27H32N2O9. The van der Waals surface area contributed by atoms with Crippen LogP contribution in [0.2, 0.25) is 0 Å². The summed E-state index contributed by atoms with van der Waals surface area (Å²) in [4.78, 5) is 28.7. The first kappa shape index (κ1) is 28.5. The standard InChI is InChI=1S/C23H28N2O5.C4H4O4/c1-5-30-20-11-15-16-10-13(26)6-8-18(16)24-22(17(15)12-19(20)27-2)14-7-9-21(28-3)25-23(14)29-4;5-3(6)1-2-4(7)8/h7,9,11-13,16,18,26H,5-6,8,10H2,1-4H3;1-2H,(H,5,6)(H,7,8)/t13-,16-,18-;/m1./s1. The fraction of sp³-hybridized carbons (Fsp3) is 0.407. The lowest BCUT2D eigenvalue weighted by Crippen LogP contribution is -2.34. The molecule has 1 aliphatic heterocycles. The Labute approximate surface area is 220 Å². The number of pyridine rings is 1. The number of benzene rings is 1. The normalized spacial score (nSPS) is 19.7. The van der Waals surface area contributed by atoms with Crippen LogP contribution in [0, 0.1) is 0 Å². The summed E-state index contributed by atoms with van der Waals surface area (Å²) >= 11 is 0. The third-order valence-electron chi connectivity index (χ3n) is 6.23. The molecule has 11 heteroatoms. The van der Waals surface area contributed by atoms with Gasteiger partial charge in [-0.15, -0.1) is 0 Å². The Hall–Kier alpha value is -4.12. The molecule has 1 aliphatic carbocycles. The molecule has 3 atom stereocenters. The number of rotatable bonds is 8. The molecule has 3 N–H and O–H groups in total. The van der Waals surface area contributed by atoms with Crippen molar-refractivity contribution in [1.82, 2.24) is 4.98 Å². The summed E-state index contributed by atoms with van der Waals surface area (Å²) in [6.45, 7) is 2.50. The van der Waals surface area contributed by atoms with Crippen molar-refractivity contribution in [2.24, 2.45) is 4.99 Å². The van der Waals surface area contributed by atoms with E-state index in [9.17, 15) is 14.7 Å². The van der Waals surface area contributed by atoms with Crippen molar-refractivity contribution in [3.63, 3.8) is 0 Å². The van der Waals surface area contributed by atoms with Gasteiger partial charge in [0.25, 0.3) is 0 Å². The average Bonchev–Trinajstić information content (AvgIpc) is 2.91. The van der Waals surface area contributed by atoms with Gasteiger partial charge in [-0.1, -0.05) is 0 Å². The number of ether oxygens (including phenoxy) is 4. The molecule has 0 radical (unpaired) electrons. The van der Waals surface area contributed by atoms with Crippen molar-refractivity contribution in [2.45, 2.75) is 44.2 Å². The Balaban J connectivity index is 0.000000436. The zero-order valence-corrected chi connectivity index (χ0v) is 21.7. The van der Waals surface area contributed by atoms with Crippen LogP contribution in [0.5, 0.6) is 23.3 Å². The third kappa shape index (κ3) is 6.60. The van der Waals surface area contributed by atoms with Gasteiger partial charge in [0.1, 0.15) is 0 Å². The van der Waals surface area contributed by atoms with Crippen molar-refractivity contribution < 1.29 is 43.9 Å². The first-order valence-corrected chi connectivity index (χ1v) is 12.1. The summed E-state index contributed by atoms with van der Waals surface area (Å²) < 4.78 is 22.2. The quantitative estimate of drug-likeness (QED) is 0.435. The van der Waals surface area contributed by atoms with E-state index in [1.54, 1.807) is 21.3 Å². The predicted octanol–water partition coefficient (Wildman–Crippen LogP) is 3.07. The Morgan fingerprint density at radius 3 is 2.26 bits per heavy atom. The maximum Gasteiger partial charge on any atom is 0.328 e. The number of aliphatic hydroxyl groups is 1. The molecule has 2 heterocycles. The van der Waals surface area contributed by atoms with Crippen LogP contribution in [0.3, 0.4) is 0 Å². The molecule has 0 amide bonds. The summed E-state index contributed by atoms with van der Waals surface area (Å²) in [7, 11) is 4.80. The van der Waals surface area contributed by atoms with Gasteiger partial charge in [-0.05, 0) is 49.9 Å². The molecule has 2 aromatic rings. The maximum atomic E-state index is 10.3. The average molecular weight is 529 g/mol. The number of nitrogens with zero attached hydrogens (tertiary/aromatic N) is 2. The molecule has 204 valence electrons. The number of carboxylic acids is 2. The number of aromatic nitrogens is 1. The van der Waals surface area contributed by atoms with Crippen LogP contribution in [0.1, 0.15) is 48.8 Å². The highest BCUT2D eigenvalue weighted by Gasteiger charge is 2.38. The van der Waals surface area contributed by atoms with Gasteiger partial charge in [0, 0.05) is 29.7 Å². The Kier molecular flexibility index (Phi) is 9.66. The van der Waals surface area contributed by atoms with Gasteiger partial charge in [0.2, 0.25) is 11.8 Å². The van der Waals surface area contributed by atoms with E-state index in [4.69, 9.17) is 34.2 Å². The van der Waals surface area contributed by atoms with Crippen LogP contribution < -0.4 is 18.9 Å². The van der Waals surface area contributed by atoms with E-state index >= 15 is 0 Å². The van der Waals surface area contributed by atoms with Gasteiger partial charge in [-0.2, -0.15) is 4.98 Å². The minimum Gasteiger partial charge on any atom is -0.493 e. The van der Waals surface area contributed by atoms with Gasteiger partial charge >= 0.3 is 11.9 Å². The zero-order valence-electron chi connectivity index (χ0n) is 21.7. The van der Waals surface area contributed by atoms with Crippen LogP contribution >= 0.6 is 0 Å². The minimum atomic E-state index is -1.26. The number of carboxylic acid groups (broad SMARTS) is 2. The Bertz CT molecular complexity index is 1210. The Morgan fingerprint density at radius 2 is 1.68 bits per heavy atom. The van der Waals surface area contributed by atoms with Crippen LogP contribution in [0.15, 0.2) is 41.4 Å². The number of aliphatic carboxylic acids is 2. The number of fused-ring (bicyclic) bond motifs is 3. The zero-order chi connectivity index (χ0) is 27.8. The topological polar surface area (TPSA) is 157 Å². The summed E-state index contributed by atoms with van der Waals surface area (Å²) in [6.07, 6.45) is 3.07. The monoisotopic (exact) mass is 528 g/mol. The SMILES string of the molecule is CCOc1cc2c(cc1OC)C(c1ccc(OC)nc1OC)=N[C@@H]1CC[C@@H](O)C[C@H]21.O=C(O)C=CC(=O)O. The van der Waals surface area contributed by atoms with E-state index < -0.39 is 11.9 Å². The fourth-order valence-electron chi connectivity index (χ4n) is 4.60. The molecule has 1 saturated carbocycles. The maximum absolute atomic E-state index is 10.3. The highest BCUT2D eigenvalue weighted by atomic mass is 16.5. The number of aliphatic hydroxyl groups excluding tert-OH is 1. The summed E-state index contributed by atoms with van der Waals surface area (Å²) in [5.74, 6) is -0.0804. The lowest BCUT2D eigenvalue weighted by atomic mass is 9.74. The van der Waals surface area contributed by atoms with Crippen LogP contribution in [0.25, 0.3) is 0 Å². The number of hydrogen-bond donors (Lipinski definition) is 3. The number of hydrogen-bond acceptors (Lipinski definition) is 9. The van der Waals surface area contributed by atoms with Crippen molar-refractivity contribution in [2.75, 3.05) is 27.9 Å². The molecule has 1 aromatic heterocycles. The molecular weight excluding hydrogens is 496 g/mol. The highest BCUT2D eigenvalue weighted by Crippen LogP contribution is 2.45. The van der Waals surface area contributed by atoms with E-state index in [2.05, 4.69) is 4.98 Å². The van der Waals surface area contributed by atoms with Gasteiger partial charge in [0.05, 0.1) is 51.4 Å². The molecule has 4 rings (SSSR count). The molecule has 0 saturated heterocycles. The molecule has 0 bridgehead atoms. The van der Waals surface area contributed by atoms with Crippen LogP contribution in [-0.2, 0) is 9.59 Å². The molecule has 0 spiro atoms. The lowest BCUT2D eigenvalue weighted by Gasteiger charge is -2.37.